The standard InChI is InChI=1S/C17H14N6S2/c18-8-11-2-4-12(5-3-11)15-21-13(9-24-15)14-10-25-17(22-14)23-16-19-6-1-7-20-16/h2-5,9-10H,1,6-7H2,(H2,19,20,22,23). The van der Waals surface area contributed by atoms with Crippen molar-refractivity contribution in [1.29, 1.82) is 5.26 Å². The Morgan fingerprint density at radius 3 is 2.64 bits per heavy atom. The van der Waals surface area contributed by atoms with Gasteiger partial charge in [0.25, 0.3) is 0 Å². The zero-order chi connectivity index (χ0) is 17.1. The normalized spacial score (nSPS) is 13.6. The molecule has 1 aliphatic heterocycles. The fourth-order valence-corrected chi connectivity index (χ4v) is 3.90. The number of hydrogen-bond donors (Lipinski definition) is 2. The summed E-state index contributed by atoms with van der Waals surface area (Å²) in [4.78, 5) is 13.7. The van der Waals surface area contributed by atoms with Crippen molar-refractivity contribution in [3.05, 3.63) is 40.6 Å². The number of aliphatic imine (C=N–C) groups is 1. The van der Waals surface area contributed by atoms with E-state index in [1.807, 2.05) is 22.9 Å². The lowest BCUT2D eigenvalue weighted by Gasteiger charge is -2.13. The maximum Gasteiger partial charge on any atom is 0.197 e. The molecule has 0 fully saturated rings. The molecule has 0 saturated heterocycles. The Morgan fingerprint density at radius 1 is 1.08 bits per heavy atom. The first-order valence-electron chi connectivity index (χ1n) is 7.79. The van der Waals surface area contributed by atoms with Crippen LogP contribution in [0.15, 0.2) is 40.0 Å². The number of nitriles is 1. The number of nitrogens with zero attached hydrogens (tertiary/aromatic N) is 4. The van der Waals surface area contributed by atoms with Crippen molar-refractivity contribution in [2.24, 2.45) is 4.99 Å². The predicted molar refractivity (Wildman–Crippen MR) is 102 cm³/mol. The smallest absolute Gasteiger partial charge is 0.197 e. The Hall–Kier alpha value is -2.76. The van der Waals surface area contributed by atoms with E-state index >= 15 is 0 Å². The second-order valence-corrected chi connectivity index (χ2v) is 7.12. The first-order chi connectivity index (χ1) is 12.3. The quantitative estimate of drug-likeness (QED) is 0.740. The summed E-state index contributed by atoms with van der Waals surface area (Å²) in [5.74, 6) is 0.781. The van der Waals surface area contributed by atoms with Gasteiger partial charge < -0.3 is 10.6 Å². The fraction of sp³-hybridized carbons (Fsp3) is 0.176. The molecule has 6 nitrogen and oxygen atoms in total. The molecule has 4 rings (SSSR count). The van der Waals surface area contributed by atoms with Crippen LogP contribution in [0.1, 0.15) is 12.0 Å². The molecule has 0 saturated carbocycles. The third kappa shape index (κ3) is 3.52. The van der Waals surface area contributed by atoms with E-state index in [4.69, 9.17) is 5.26 Å². The maximum atomic E-state index is 8.88. The summed E-state index contributed by atoms with van der Waals surface area (Å²) < 4.78 is 0. The van der Waals surface area contributed by atoms with Crippen LogP contribution in [-0.2, 0) is 0 Å². The van der Waals surface area contributed by atoms with E-state index in [9.17, 15) is 0 Å². The first-order valence-corrected chi connectivity index (χ1v) is 9.55. The Balaban J connectivity index is 1.52. The molecule has 3 aromatic rings. The number of benzene rings is 1. The van der Waals surface area contributed by atoms with Crippen molar-refractivity contribution in [3.8, 4) is 28.0 Å². The molecule has 0 unspecified atom stereocenters. The molecule has 0 aliphatic carbocycles. The van der Waals surface area contributed by atoms with Gasteiger partial charge in [-0.25, -0.2) is 9.97 Å². The second-order valence-electron chi connectivity index (χ2n) is 5.40. The Kier molecular flexibility index (Phi) is 4.41. The first kappa shape index (κ1) is 15.7. The minimum atomic E-state index is 0.648. The summed E-state index contributed by atoms with van der Waals surface area (Å²) in [7, 11) is 0. The zero-order valence-corrected chi connectivity index (χ0v) is 14.8. The van der Waals surface area contributed by atoms with Gasteiger partial charge in [0.15, 0.2) is 11.1 Å². The van der Waals surface area contributed by atoms with Crippen molar-refractivity contribution in [2.45, 2.75) is 6.42 Å². The number of rotatable bonds is 3. The highest BCUT2D eigenvalue weighted by Crippen LogP contribution is 2.30. The molecule has 2 aromatic heterocycles. The summed E-state index contributed by atoms with van der Waals surface area (Å²) in [5, 5.41) is 21.0. The molecule has 1 aromatic carbocycles. The second kappa shape index (κ2) is 7.01. The fourth-order valence-electron chi connectivity index (χ4n) is 2.38. The molecule has 0 atom stereocenters. The van der Waals surface area contributed by atoms with Gasteiger partial charge in [0.2, 0.25) is 0 Å². The van der Waals surface area contributed by atoms with Gasteiger partial charge in [0, 0.05) is 29.4 Å². The third-order valence-corrected chi connectivity index (χ3v) is 5.30. The highest BCUT2D eigenvalue weighted by Gasteiger charge is 2.12. The van der Waals surface area contributed by atoms with Crippen LogP contribution in [0.2, 0.25) is 0 Å². The Labute approximate surface area is 152 Å². The molecule has 0 radical (unpaired) electrons. The van der Waals surface area contributed by atoms with Crippen molar-refractivity contribution < 1.29 is 0 Å². The monoisotopic (exact) mass is 366 g/mol. The highest BCUT2D eigenvalue weighted by atomic mass is 32.1. The average molecular weight is 366 g/mol. The molecule has 3 heterocycles. The molecule has 124 valence electrons. The van der Waals surface area contributed by atoms with Crippen LogP contribution in [-0.4, -0.2) is 29.0 Å². The van der Waals surface area contributed by atoms with E-state index < -0.39 is 0 Å². The Morgan fingerprint density at radius 2 is 1.88 bits per heavy atom. The number of thiazole rings is 2. The molecule has 25 heavy (non-hydrogen) atoms. The number of aromatic nitrogens is 2. The number of nitrogens with one attached hydrogen (secondary N) is 2. The summed E-state index contributed by atoms with van der Waals surface area (Å²) in [6.07, 6.45) is 1.06. The third-order valence-electron chi connectivity index (χ3n) is 3.65. The summed E-state index contributed by atoms with van der Waals surface area (Å²) >= 11 is 3.10. The molecule has 1 aliphatic rings. The lowest BCUT2D eigenvalue weighted by atomic mass is 10.1. The van der Waals surface area contributed by atoms with Gasteiger partial charge >= 0.3 is 0 Å². The topological polar surface area (TPSA) is 86.0 Å². The highest BCUT2D eigenvalue weighted by molar-refractivity contribution is 7.14. The van der Waals surface area contributed by atoms with Gasteiger partial charge in [-0.3, -0.25) is 4.99 Å². The lowest BCUT2D eigenvalue weighted by molar-refractivity contribution is 0.740. The van der Waals surface area contributed by atoms with Gasteiger partial charge in [0.1, 0.15) is 16.4 Å². The summed E-state index contributed by atoms with van der Waals surface area (Å²) in [5.41, 5.74) is 3.35. The van der Waals surface area contributed by atoms with Gasteiger partial charge in [-0.2, -0.15) is 5.26 Å². The average Bonchev–Trinajstić information content (AvgIpc) is 3.32. The van der Waals surface area contributed by atoms with Crippen LogP contribution in [0, 0.1) is 11.3 Å². The van der Waals surface area contributed by atoms with Crippen molar-refractivity contribution in [3.63, 3.8) is 0 Å². The Bertz CT molecular complexity index is 948. The minimum absolute atomic E-state index is 0.648. The summed E-state index contributed by atoms with van der Waals surface area (Å²) in [6.45, 7) is 1.78. The maximum absolute atomic E-state index is 8.88. The predicted octanol–water partition coefficient (Wildman–Crippen LogP) is 3.57. The zero-order valence-electron chi connectivity index (χ0n) is 13.2. The van der Waals surface area contributed by atoms with Gasteiger partial charge in [-0.05, 0) is 18.6 Å². The lowest BCUT2D eigenvalue weighted by Crippen LogP contribution is -2.35. The van der Waals surface area contributed by atoms with Crippen LogP contribution in [0.5, 0.6) is 0 Å². The van der Waals surface area contributed by atoms with Crippen LogP contribution in [0.25, 0.3) is 22.0 Å². The minimum Gasteiger partial charge on any atom is -0.356 e. The largest absolute Gasteiger partial charge is 0.356 e. The van der Waals surface area contributed by atoms with E-state index in [-0.39, 0.29) is 0 Å². The molecule has 0 amide bonds. The number of guanidine groups is 1. The van der Waals surface area contributed by atoms with E-state index in [2.05, 4.69) is 31.7 Å². The van der Waals surface area contributed by atoms with Gasteiger partial charge in [0.05, 0.1) is 11.6 Å². The molecular formula is C17H14N6S2. The summed E-state index contributed by atoms with van der Waals surface area (Å²) in [6, 6.07) is 9.57. The van der Waals surface area contributed by atoms with Crippen molar-refractivity contribution >= 4 is 33.8 Å². The van der Waals surface area contributed by atoms with E-state index in [1.54, 1.807) is 23.5 Å². The van der Waals surface area contributed by atoms with Crippen LogP contribution in [0.3, 0.4) is 0 Å². The number of hydrogen-bond acceptors (Lipinski definition) is 8. The van der Waals surface area contributed by atoms with Gasteiger partial charge in [-0.1, -0.05) is 12.1 Å². The van der Waals surface area contributed by atoms with E-state index in [1.165, 1.54) is 11.3 Å². The molecule has 0 bridgehead atoms. The van der Waals surface area contributed by atoms with Crippen LogP contribution < -0.4 is 10.6 Å². The van der Waals surface area contributed by atoms with E-state index in [0.29, 0.717) is 5.56 Å². The number of anilines is 1. The van der Waals surface area contributed by atoms with E-state index in [0.717, 1.165) is 52.6 Å². The van der Waals surface area contributed by atoms with Gasteiger partial charge in [-0.15, -0.1) is 22.7 Å². The molecule has 8 heteroatoms. The molecule has 2 N–H and O–H groups in total. The van der Waals surface area contributed by atoms with Crippen molar-refractivity contribution in [1.82, 2.24) is 15.3 Å². The molecule has 0 spiro atoms. The van der Waals surface area contributed by atoms with Crippen LogP contribution in [0.4, 0.5) is 5.13 Å². The van der Waals surface area contributed by atoms with Crippen LogP contribution >= 0.6 is 22.7 Å². The molecular weight excluding hydrogens is 352 g/mol. The SMILES string of the molecule is N#Cc1ccc(-c2nc(-c3csc(NC4=NCCCN4)n3)cs2)cc1. The van der Waals surface area contributed by atoms with Crippen molar-refractivity contribution in [2.75, 3.05) is 18.4 Å².